The Bertz CT molecular complexity index is 1060. The highest BCUT2D eigenvalue weighted by molar-refractivity contribution is 6.01. The van der Waals surface area contributed by atoms with Gasteiger partial charge in [0.05, 0.1) is 26.2 Å². The molecule has 6 heteroatoms. The van der Waals surface area contributed by atoms with E-state index < -0.39 is 5.92 Å². The topological polar surface area (TPSA) is 67.9 Å². The number of methoxy groups -OCH3 is 2. The largest absolute Gasteiger partial charge is 0.493 e. The molecular weight excluding hydrogens is 416 g/mol. The molecule has 1 saturated carbocycles. The lowest BCUT2D eigenvalue weighted by Crippen LogP contribution is -2.51. The number of ether oxygens (including phenoxy) is 2. The Balaban J connectivity index is 1.59. The van der Waals surface area contributed by atoms with Crippen molar-refractivity contribution in [1.82, 2.24) is 10.2 Å². The lowest BCUT2D eigenvalue weighted by molar-refractivity contribution is -0.125. The van der Waals surface area contributed by atoms with E-state index in [1.54, 1.807) is 14.2 Å². The Labute approximate surface area is 195 Å². The van der Waals surface area contributed by atoms with E-state index in [4.69, 9.17) is 9.47 Å². The molecule has 0 spiro atoms. The second kappa shape index (κ2) is 9.08. The van der Waals surface area contributed by atoms with Crippen LogP contribution in [0.25, 0.3) is 0 Å². The number of hydrogen-bond donors (Lipinski definition) is 1. The van der Waals surface area contributed by atoms with Crippen LogP contribution in [-0.4, -0.2) is 43.5 Å². The summed E-state index contributed by atoms with van der Waals surface area (Å²) in [6.45, 7) is 0.577. The van der Waals surface area contributed by atoms with Crippen molar-refractivity contribution < 1.29 is 19.1 Å². The van der Waals surface area contributed by atoms with Gasteiger partial charge < -0.3 is 19.7 Å². The molecule has 2 atom stereocenters. The standard InChI is InChI=1S/C27H32N2O4/c1-32-22-15-17-13-14-29-25(21(17)16-23(22)33-2)24(19-11-7-8-12-20(19)27(29)31)26(30)28-18-9-5-3-4-6-10-18/h7-8,11-12,15-16,18,24-25H,3-6,9-10,13-14H2,1-2H3,(H,28,30). The number of benzene rings is 2. The van der Waals surface area contributed by atoms with E-state index in [-0.39, 0.29) is 23.9 Å². The second-order valence-corrected chi connectivity index (χ2v) is 9.36. The van der Waals surface area contributed by atoms with Gasteiger partial charge in [0.1, 0.15) is 0 Å². The van der Waals surface area contributed by atoms with E-state index in [0.29, 0.717) is 23.6 Å². The summed E-state index contributed by atoms with van der Waals surface area (Å²) < 4.78 is 11.1. The van der Waals surface area contributed by atoms with E-state index >= 15 is 0 Å². The van der Waals surface area contributed by atoms with Crippen LogP contribution in [0.15, 0.2) is 36.4 Å². The zero-order chi connectivity index (χ0) is 22.9. The Kier molecular flexibility index (Phi) is 6.00. The molecular formula is C27H32N2O4. The van der Waals surface area contributed by atoms with Gasteiger partial charge in [0.2, 0.25) is 5.91 Å². The normalized spacial score (nSPS) is 22.5. The minimum atomic E-state index is -0.459. The Morgan fingerprint density at radius 3 is 2.39 bits per heavy atom. The average molecular weight is 449 g/mol. The van der Waals surface area contributed by atoms with E-state index in [9.17, 15) is 9.59 Å². The van der Waals surface area contributed by atoms with Crippen molar-refractivity contribution in [2.75, 3.05) is 20.8 Å². The first-order chi connectivity index (χ1) is 16.1. The molecule has 33 heavy (non-hydrogen) atoms. The molecule has 0 aromatic heterocycles. The molecule has 1 aliphatic carbocycles. The van der Waals surface area contributed by atoms with Crippen molar-refractivity contribution in [3.8, 4) is 11.5 Å². The number of fused-ring (bicyclic) bond motifs is 4. The maximum atomic E-state index is 13.9. The minimum absolute atomic E-state index is 0.00505. The smallest absolute Gasteiger partial charge is 0.254 e. The second-order valence-electron chi connectivity index (χ2n) is 9.36. The Morgan fingerprint density at radius 1 is 0.970 bits per heavy atom. The van der Waals surface area contributed by atoms with Crippen LogP contribution in [-0.2, 0) is 11.2 Å². The van der Waals surface area contributed by atoms with Gasteiger partial charge in [-0.3, -0.25) is 9.59 Å². The summed E-state index contributed by atoms with van der Waals surface area (Å²) in [4.78, 5) is 29.2. The Morgan fingerprint density at radius 2 is 1.67 bits per heavy atom. The number of hydrogen-bond acceptors (Lipinski definition) is 4. The van der Waals surface area contributed by atoms with Crippen LogP contribution in [0.4, 0.5) is 0 Å². The van der Waals surface area contributed by atoms with Crippen LogP contribution in [0.5, 0.6) is 11.5 Å². The summed E-state index contributed by atoms with van der Waals surface area (Å²) in [6.07, 6.45) is 7.54. The molecule has 1 fully saturated rings. The monoisotopic (exact) mass is 448 g/mol. The number of carbonyl (C=O) groups excluding carboxylic acids is 2. The first-order valence-electron chi connectivity index (χ1n) is 12.1. The van der Waals surface area contributed by atoms with Crippen LogP contribution >= 0.6 is 0 Å². The molecule has 2 unspecified atom stereocenters. The van der Waals surface area contributed by atoms with Gasteiger partial charge in [0, 0.05) is 18.2 Å². The summed E-state index contributed by atoms with van der Waals surface area (Å²) in [5, 5.41) is 3.37. The molecule has 3 aliphatic rings. The van der Waals surface area contributed by atoms with Crippen LogP contribution < -0.4 is 14.8 Å². The number of rotatable bonds is 4. The fraction of sp³-hybridized carbons (Fsp3) is 0.481. The predicted molar refractivity (Wildman–Crippen MR) is 126 cm³/mol. The van der Waals surface area contributed by atoms with Crippen LogP contribution in [0.2, 0.25) is 0 Å². The summed E-state index contributed by atoms with van der Waals surface area (Å²) in [5.74, 6) is 0.840. The van der Waals surface area contributed by atoms with Crippen molar-refractivity contribution in [1.29, 1.82) is 0 Å². The molecule has 0 bridgehead atoms. The third-order valence-corrected chi connectivity index (χ3v) is 7.51. The highest BCUT2D eigenvalue weighted by Crippen LogP contribution is 2.48. The zero-order valence-corrected chi connectivity index (χ0v) is 19.4. The maximum Gasteiger partial charge on any atom is 0.254 e. The van der Waals surface area contributed by atoms with Gasteiger partial charge in [0.15, 0.2) is 11.5 Å². The van der Waals surface area contributed by atoms with E-state index in [0.717, 1.165) is 48.8 Å². The van der Waals surface area contributed by atoms with Gasteiger partial charge in [-0.05, 0) is 54.2 Å². The number of nitrogens with zero attached hydrogens (tertiary/aromatic N) is 1. The molecule has 5 rings (SSSR count). The van der Waals surface area contributed by atoms with Crippen LogP contribution in [0.1, 0.15) is 77.5 Å². The van der Waals surface area contributed by atoms with E-state index in [1.807, 2.05) is 41.3 Å². The fourth-order valence-corrected chi connectivity index (χ4v) is 5.85. The lowest BCUT2D eigenvalue weighted by atomic mass is 9.75. The van der Waals surface area contributed by atoms with Crippen molar-refractivity contribution in [2.45, 2.75) is 62.9 Å². The van der Waals surface area contributed by atoms with E-state index in [1.165, 1.54) is 12.8 Å². The van der Waals surface area contributed by atoms with E-state index in [2.05, 4.69) is 5.32 Å². The van der Waals surface area contributed by atoms with Gasteiger partial charge in [-0.2, -0.15) is 0 Å². The number of carbonyl (C=O) groups is 2. The highest BCUT2D eigenvalue weighted by Gasteiger charge is 2.46. The van der Waals surface area contributed by atoms with Gasteiger partial charge in [0.25, 0.3) is 5.91 Å². The number of nitrogens with one attached hydrogen (secondary N) is 1. The van der Waals surface area contributed by atoms with Crippen LogP contribution in [0.3, 0.4) is 0 Å². The molecule has 6 nitrogen and oxygen atoms in total. The fourth-order valence-electron chi connectivity index (χ4n) is 5.85. The van der Waals surface area contributed by atoms with Gasteiger partial charge in [-0.1, -0.05) is 43.9 Å². The van der Waals surface area contributed by atoms with Gasteiger partial charge in [-0.15, -0.1) is 0 Å². The molecule has 2 aromatic rings. The van der Waals surface area contributed by atoms with Crippen molar-refractivity contribution in [2.24, 2.45) is 0 Å². The summed E-state index contributed by atoms with van der Waals surface area (Å²) in [6, 6.07) is 11.4. The molecule has 174 valence electrons. The molecule has 2 amide bonds. The lowest BCUT2D eigenvalue weighted by Gasteiger charge is -2.45. The maximum absolute atomic E-state index is 13.9. The Hall–Kier alpha value is -3.02. The molecule has 2 heterocycles. The van der Waals surface area contributed by atoms with Gasteiger partial charge in [-0.25, -0.2) is 0 Å². The summed E-state index contributed by atoms with van der Waals surface area (Å²) >= 11 is 0. The number of amides is 2. The third kappa shape index (κ3) is 3.85. The first-order valence-corrected chi connectivity index (χ1v) is 12.1. The molecule has 2 aliphatic heterocycles. The predicted octanol–water partition coefficient (Wildman–Crippen LogP) is 4.38. The highest BCUT2D eigenvalue weighted by atomic mass is 16.5. The van der Waals surface area contributed by atoms with Gasteiger partial charge >= 0.3 is 0 Å². The van der Waals surface area contributed by atoms with Crippen LogP contribution in [0, 0.1) is 0 Å². The van der Waals surface area contributed by atoms with Crippen molar-refractivity contribution in [3.05, 3.63) is 58.7 Å². The summed E-state index contributed by atoms with van der Waals surface area (Å²) in [7, 11) is 3.24. The SMILES string of the molecule is COc1cc2c(cc1OC)C1C(C(=O)NC3CCCCCC3)c3ccccc3C(=O)N1CC2. The third-order valence-electron chi connectivity index (χ3n) is 7.51. The minimum Gasteiger partial charge on any atom is -0.493 e. The summed E-state index contributed by atoms with van der Waals surface area (Å²) in [5.41, 5.74) is 3.53. The molecule has 0 saturated heterocycles. The van der Waals surface area contributed by atoms with Crippen molar-refractivity contribution in [3.63, 3.8) is 0 Å². The molecule has 1 N–H and O–H groups in total. The molecule has 0 radical (unpaired) electrons. The molecule has 2 aromatic carbocycles. The zero-order valence-electron chi connectivity index (χ0n) is 19.4. The average Bonchev–Trinajstić information content (AvgIpc) is 3.11. The first kappa shape index (κ1) is 21.8. The quantitative estimate of drug-likeness (QED) is 0.705. The van der Waals surface area contributed by atoms with Crippen molar-refractivity contribution >= 4 is 11.8 Å².